The molecule has 0 saturated carbocycles. The van der Waals surface area contributed by atoms with Crippen LogP contribution in [-0.4, -0.2) is 21.1 Å². The van der Waals surface area contributed by atoms with Gasteiger partial charge in [0.05, 0.1) is 17.6 Å². The maximum atomic E-state index is 8.28. The molecule has 1 aromatic heterocycles. The summed E-state index contributed by atoms with van der Waals surface area (Å²) >= 11 is 0. The Balaban J connectivity index is 2.51. The third-order valence-electron chi connectivity index (χ3n) is 1.40. The Hall–Kier alpha value is -1.65. The number of nitrogens with zero attached hydrogens (tertiary/aromatic N) is 3. The summed E-state index contributed by atoms with van der Waals surface area (Å²) in [5, 5.41) is 11.2. The number of oxime groups is 1. The predicted molar refractivity (Wildman–Crippen MR) is 46.5 cm³/mol. The minimum absolute atomic E-state index is 0.211. The fourth-order valence-electron chi connectivity index (χ4n) is 0.701. The average molecular weight is 181 g/mol. The molecule has 1 aromatic rings. The van der Waals surface area contributed by atoms with Crippen LogP contribution in [0.2, 0.25) is 0 Å². The third-order valence-corrected chi connectivity index (χ3v) is 1.40. The second kappa shape index (κ2) is 4.39. The molecule has 0 aliphatic rings. The topological polar surface area (TPSA) is 67.6 Å². The molecule has 1 heterocycles. The molecule has 0 unspecified atom stereocenters. The number of aryl methyl sites for hydroxylation is 1. The lowest BCUT2D eigenvalue weighted by Crippen LogP contribution is -2.02. The van der Waals surface area contributed by atoms with Gasteiger partial charge in [-0.3, -0.25) is 9.97 Å². The van der Waals surface area contributed by atoms with E-state index in [4.69, 9.17) is 9.94 Å². The molecule has 0 aliphatic carbocycles. The first-order chi connectivity index (χ1) is 6.22. The number of hydrogen-bond acceptors (Lipinski definition) is 5. The first kappa shape index (κ1) is 9.44. The van der Waals surface area contributed by atoms with Crippen molar-refractivity contribution in [1.82, 2.24) is 9.97 Å². The molecule has 0 saturated heterocycles. The van der Waals surface area contributed by atoms with Crippen LogP contribution in [0.5, 0.6) is 0 Å². The van der Waals surface area contributed by atoms with Crippen LogP contribution in [-0.2, 0) is 11.3 Å². The fraction of sp³-hybridized carbons (Fsp3) is 0.375. The maximum absolute atomic E-state index is 8.28. The van der Waals surface area contributed by atoms with Crippen molar-refractivity contribution in [3.8, 4) is 0 Å². The van der Waals surface area contributed by atoms with Crippen molar-refractivity contribution in [3.05, 3.63) is 23.8 Å². The van der Waals surface area contributed by atoms with Crippen LogP contribution in [0.15, 0.2) is 17.5 Å². The van der Waals surface area contributed by atoms with Gasteiger partial charge in [-0.2, -0.15) is 0 Å². The van der Waals surface area contributed by atoms with E-state index in [0.29, 0.717) is 5.69 Å². The highest BCUT2D eigenvalue weighted by atomic mass is 16.5. The summed E-state index contributed by atoms with van der Waals surface area (Å²) in [7, 11) is 0. The summed E-state index contributed by atoms with van der Waals surface area (Å²) in [5.74, 6) is 0.211. The van der Waals surface area contributed by atoms with Crippen molar-refractivity contribution in [2.24, 2.45) is 5.16 Å². The van der Waals surface area contributed by atoms with Crippen LogP contribution < -0.4 is 0 Å². The molecule has 0 amide bonds. The van der Waals surface area contributed by atoms with Crippen molar-refractivity contribution in [1.29, 1.82) is 0 Å². The lowest BCUT2D eigenvalue weighted by molar-refractivity contribution is 0.242. The monoisotopic (exact) mass is 181 g/mol. The van der Waals surface area contributed by atoms with E-state index in [1.165, 1.54) is 0 Å². The van der Waals surface area contributed by atoms with Gasteiger partial charge >= 0.3 is 0 Å². The van der Waals surface area contributed by atoms with Gasteiger partial charge in [-0.1, -0.05) is 5.16 Å². The Labute approximate surface area is 76.1 Å². The first-order valence-electron chi connectivity index (χ1n) is 3.81. The van der Waals surface area contributed by atoms with E-state index in [-0.39, 0.29) is 12.5 Å². The summed E-state index contributed by atoms with van der Waals surface area (Å²) in [5.41, 5.74) is 1.56. The summed E-state index contributed by atoms with van der Waals surface area (Å²) in [6, 6.07) is 0. The Morgan fingerprint density at radius 3 is 2.85 bits per heavy atom. The Bertz CT molecular complexity index is 295. The summed E-state index contributed by atoms with van der Waals surface area (Å²) in [6.45, 7) is 3.68. The van der Waals surface area contributed by atoms with Crippen molar-refractivity contribution >= 4 is 5.90 Å². The molecule has 0 aliphatic heterocycles. The predicted octanol–water partition coefficient (Wildman–Crippen LogP) is 1.11. The minimum Gasteiger partial charge on any atom is -0.472 e. The number of aromatic nitrogens is 2. The van der Waals surface area contributed by atoms with Crippen LogP contribution in [0.25, 0.3) is 0 Å². The standard InChI is InChI=1S/C8H11N3O2/c1-6-3-10-8(4-9-6)5-13-7(2)11-12/h3-4,12H,5H2,1-2H3. The fourth-order valence-corrected chi connectivity index (χ4v) is 0.701. The lowest BCUT2D eigenvalue weighted by atomic mass is 10.4. The van der Waals surface area contributed by atoms with Gasteiger partial charge in [0.2, 0.25) is 5.90 Å². The zero-order chi connectivity index (χ0) is 9.68. The molecule has 0 spiro atoms. The van der Waals surface area contributed by atoms with Crippen molar-refractivity contribution in [2.75, 3.05) is 0 Å². The zero-order valence-corrected chi connectivity index (χ0v) is 7.56. The van der Waals surface area contributed by atoms with Gasteiger partial charge in [-0.15, -0.1) is 0 Å². The molecule has 1 rings (SSSR count). The third kappa shape index (κ3) is 3.06. The average Bonchev–Trinajstić information content (AvgIpc) is 2.16. The van der Waals surface area contributed by atoms with Crippen molar-refractivity contribution < 1.29 is 9.94 Å². The largest absolute Gasteiger partial charge is 0.472 e. The van der Waals surface area contributed by atoms with E-state index < -0.39 is 0 Å². The van der Waals surface area contributed by atoms with Crippen LogP contribution in [0.3, 0.4) is 0 Å². The highest BCUT2D eigenvalue weighted by Crippen LogP contribution is 1.96. The molecule has 0 atom stereocenters. The number of rotatable bonds is 2. The summed E-state index contributed by atoms with van der Waals surface area (Å²) in [4.78, 5) is 8.10. The second-order valence-electron chi connectivity index (χ2n) is 2.56. The molecule has 70 valence electrons. The second-order valence-corrected chi connectivity index (χ2v) is 2.56. The molecule has 1 N–H and O–H groups in total. The SMILES string of the molecule is CC(=NO)OCc1cnc(C)cn1. The van der Waals surface area contributed by atoms with Gasteiger partial charge in [0.15, 0.2) is 0 Å². The van der Waals surface area contributed by atoms with E-state index in [1.807, 2.05) is 6.92 Å². The number of ether oxygens (including phenoxy) is 1. The molecular weight excluding hydrogens is 170 g/mol. The smallest absolute Gasteiger partial charge is 0.222 e. The molecule has 0 aromatic carbocycles. The zero-order valence-electron chi connectivity index (χ0n) is 7.56. The van der Waals surface area contributed by atoms with Gasteiger partial charge in [-0.05, 0) is 6.92 Å². The molecular formula is C8H11N3O2. The van der Waals surface area contributed by atoms with E-state index in [1.54, 1.807) is 19.3 Å². The van der Waals surface area contributed by atoms with Crippen LogP contribution in [0, 0.1) is 6.92 Å². The van der Waals surface area contributed by atoms with Gasteiger partial charge < -0.3 is 9.94 Å². The normalized spacial score (nSPS) is 11.4. The van der Waals surface area contributed by atoms with Crippen LogP contribution >= 0.6 is 0 Å². The Morgan fingerprint density at radius 1 is 1.54 bits per heavy atom. The quantitative estimate of drug-likeness (QED) is 0.321. The van der Waals surface area contributed by atoms with Crippen molar-refractivity contribution in [2.45, 2.75) is 20.5 Å². The maximum Gasteiger partial charge on any atom is 0.222 e. The molecule has 5 heteroatoms. The van der Waals surface area contributed by atoms with Gasteiger partial charge in [0.1, 0.15) is 6.61 Å². The molecule has 0 radical (unpaired) electrons. The van der Waals surface area contributed by atoms with E-state index in [2.05, 4.69) is 15.1 Å². The van der Waals surface area contributed by atoms with Gasteiger partial charge in [0, 0.05) is 13.1 Å². The van der Waals surface area contributed by atoms with Gasteiger partial charge in [0.25, 0.3) is 0 Å². The van der Waals surface area contributed by atoms with Crippen molar-refractivity contribution in [3.63, 3.8) is 0 Å². The van der Waals surface area contributed by atoms with E-state index >= 15 is 0 Å². The minimum atomic E-state index is 0.211. The molecule has 13 heavy (non-hydrogen) atoms. The van der Waals surface area contributed by atoms with Crippen LogP contribution in [0.4, 0.5) is 0 Å². The van der Waals surface area contributed by atoms with Gasteiger partial charge in [-0.25, -0.2) is 0 Å². The highest BCUT2D eigenvalue weighted by Gasteiger charge is 1.96. The van der Waals surface area contributed by atoms with E-state index in [0.717, 1.165) is 5.69 Å². The number of hydrogen-bond donors (Lipinski definition) is 1. The Morgan fingerprint density at radius 2 is 2.31 bits per heavy atom. The highest BCUT2D eigenvalue weighted by molar-refractivity contribution is 5.72. The first-order valence-corrected chi connectivity index (χ1v) is 3.81. The summed E-state index contributed by atoms with van der Waals surface area (Å²) in [6.07, 6.45) is 3.28. The summed E-state index contributed by atoms with van der Waals surface area (Å²) < 4.78 is 5.01. The molecule has 0 bridgehead atoms. The van der Waals surface area contributed by atoms with Crippen LogP contribution in [0.1, 0.15) is 18.3 Å². The lowest BCUT2D eigenvalue weighted by Gasteiger charge is -2.02. The molecule has 5 nitrogen and oxygen atoms in total. The Kier molecular flexibility index (Phi) is 3.19. The molecule has 0 fully saturated rings. The van der Waals surface area contributed by atoms with E-state index in [9.17, 15) is 0 Å².